The first-order chi connectivity index (χ1) is 7.76. The molecule has 4 heteroatoms. The molecule has 1 atom stereocenters. The Morgan fingerprint density at radius 2 is 2.38 bits per heavy atom. The minimum absolute atomic E-state index is 0.592. The van der Waals surface area contributed by atoms with Crippen LogP contribution in [-0.4, -0.2) is 29.6 Å². The molecule has 0 aliphatic rings. The van der Waals surface area contributed by atoms with E-state index >= 15 is 0 Å². The van der Waals surface area contributed by atoms with Crippen molar-refractivity contribution in [3.8, 4) is 0 Å². The fourth-order valence-corrected chi connectivity index (χ4v) is 2.79. The lowest BCUT2D eigenvalue weighted by Gasteiger charge is -2.16. The molecule has 0 aliphatic carbocycles. The van der Waals surface area contributed by atoms with Crippen molar-refractivity contribution in [2.45, 2.75) is 39.2 Å². The summed E-state index contributed by atoms with van der Waals surface area (Å²) in [6, 6.07) is 0.592. The molecule has 0 spiro atoms. The zero-order valence-corrected chi connectivity index (χ0v) is 12.1. The Balaban J connectivity index is 2.41. The number of nitrogens with one attached hydrogen (secondary N) is 1. The lowest BCUT2D eigenvalue weighted by Crippen LogP contribution is -2.32. The van der Waals surface area contributed by atoms with Crippen molar-refractivity contribution in [2.24, 2.45) is 0 Å². The second-order valence-electron chi connectivity index (χ2n) is 3.99. The van der Waals surface area contributed by atoms with E-state index < -0.39 is 0 Å². The summed E-state index contributed by atoms with van der Waals surface area (Å²) < 4.78 is 0. The highest BCUT2D eigenvalue weighted by Crippen LogP contribution is 2.12. The molecular formula is C12H22N2S2. The van der Waals surface area contributed by atoms with Crippen LogP contribution in [0.2, 0.25) is 0 Å². The Morgan fingerprint density at radius 3 is 2.94 bits per heavy atom. The van der Waals surface area contributed by atoms with Gasteiger partial charge >= 0.3 is 0 Å². The van der Waals surface area contributed by atoms with Crippen LogP contribution in [0.1, 0.15) is 30.5 Å². The van der Waals surface area contributed by atoms with Crippen molar-refractivity contribution in [3.05, 3.63) is 16.1 Å². The van der Waals surface area contributed by atoms with Crippen LogP contribution in [0.3, 0.4) is 0 Å². The first-order valence-corrected chi connectivity index (χ1v) is 8.17. The van der Waals surface area contributed by atoms with Gasteiger partial charge in [-0.25, -0.2) is 4.98 Å². The number of thioether (sulfide) groups is 1. The number of aromatic nitrogens is 1. The highest BCUT2D eigenvalue weighted by atomic mass is 32.2. The molecule has 0 aromatic carbocycles. The summed E-state index contributed by atoms with van der Waals surface area (Å²) in [5.74, 6) is 1.23. The minimum Gasteiger partial charge on any atom is -0.314 e. The van der Waals surface area contributed by atoms with Crippen molar-refractivity contribution in [3.63, 3.8) is 0 Å². The molecule has 2 nitrogen and oxygen atoms in total. The third-order valence-corrected chi connectivity index (χ3v) is 3.94. The van der Waals surface area contributed by atoms with Crippen LogP contribution in [0, 0.1) is 6.92 Å². The van der Waals surface area contributed by atoms with Crippen LogP contribution < -0.4 is 5.32 Å². The number of aryl methyl sites for hydroxylation is 1. The van der Waals surface area contributed by atoms with E-state index in [2.05, 4.69) is 35.8 Å². The van der Waals surface area contributed by atoms with Crippen molar-refractivity contribution in [1.82, 2.24) is 10.3 Å². The Kier molecular flexibility index (Phi) is 7.08. The van der Waals surface area contributed by atoms with Crippen LogP contribution in [-0.2, 0) is 6.42 Å². The molecule has 0 radical (unpaired) electrons. The van der Waals surface area contributed by atoms with Gasteiger partial charge in [-0.3, -0.25) is 0 Å². The molecule has 1 N–H and O–H groups in total. The first kappa shape index (κ1) is 14.0. The molecule has 1 unspecified atom stereocenters. The zero-order chi connectivity index (χ0) is 11.8. The highest BCUT2D eigenvalue weighted by Gasteiger charge is 2.10. The fourth-order valence-electron chi connectivity index (χ4n) is 1.64. The molecule has 0 saturated heterocycles. The van der Waals surface area contributed by atoms with Gasteiger partial charge in [0.1, 0.15) is 0 Å². The van der Waals surface area contributed by atoms with E-state index in [1.165, 1.54) is 29.3 Å². The Morgan fingerprint density at radius 1 is 1.56 bits per heavy atom. The quantitative estimate of drug-likeness (QED) is 0.775. The van der Waals surface area contributed by atoms with Crippen molar-refractivity contribution in [1.29, 1.82) is 0 Å². The third-order valence-electron chi connectivity index (χ3n) is 2.48. The van der Waals surface area contributed by atoms with Crippen molar-refractivity contribution >= 4 is 23.1 Å². The van der Waals surface area contributed by atoms with Gasteiger partial charge in [0.25, 0.3) is 0 Å². The van der Waals surface area contributed by atoms with Gasteiger partial charge in [0.05, 0.1) is 10.7 Å². The lowest BCUT2D eigenvalue weighted by atomic mass is 10.1. The number of nitrogens with zero attached hydrogens (tertiary/aromatic N) is 1. The minimum atomic E-state index is 0.592. The highest BCUT2D eigenvalue weighted by molar-refractivity contribution is 7.98. The molecular weight excluding hydrogens is 236 g/mol. The van der Waals surface area contributed by atoms with Gasteiger partial charge < -0.3 is 5.32 Å². The Labute approximate surface area is 107 Å². The smallest absolute Gasteiger partial charge is 0.0897 e. The Hall–Kier alpha value is -0.0600. The summed E-state index contributed by atoms with van der Waals surface area (Å²) in [5.41, 5.74) is 1.25. The molecule has 0 bridgehead atoms. The molecule has 1 aromatic rings. The number of rotatable bonds is 8. The molecule has 0 saturated carbocycles. The van der Waals surface area contributed by atoms with Crippen LogP contribution >= 0.6 is 23.1 Å². The SMILES string of the molecule is CCCNC(CCSC)Cc1csc(C)n1. The number of hydrogen-bond acceptors (Lipinski definition) is 4. The number of hydrogen-bond donors (Lipinski definition) is 1. The molecule has 16 heavy (non-hydrogen) atoms. The van der Waals surface area contributed by atoms with E-state index in [4.69, 9.17) is 0 Å². The van der Waals surface area contributed by atoms with Gasteiger partial charge in [0.2, 0.25) is 0 Å². The van der Waals surface area contributed by atoms with E-state index in [-0.39, 0.29) is 0 Å². The first-order valence-electron chi connectivity index (χ1n) is 5.89. The van der Waals surface area contributed by atoms with Gasteiger partial charge in [-0.2, -0.15) is 11.8 Å². The van der Waals surface area contributed by atoms with Gasteiger partial charge in [-0.05, 0) is 38.3 Å². The van der Waals surface area contributed by atoms with Crippen molar-refractivity contribution < 1.29 is 0 Å². The number of thiazole rings is 1. The lowest BCUT2D eigenvalue weighted by molar-refractivity contribution is 0.494. The van der Waals surface area contributed by atoms with Crippen LogP contribution in [0.25, 0.3) is 0 Å². The third kappa shape index (κ3) is 5.32. The topological polar surface area (TPSA) is 24.9 Å². The summed E-state index contributed by atoms with van der Waals surface area (Å²) in [6.45, 7) is 5.40. The standard InChI is InChI=1S/C12H22N2S2/c1-4-6-13-11(5-7-15-3)8-12-9-16-10(2)14-12/h9,11,13H,4-8H2,1-3H3. The molecule has 0 fully saturated rings. The largest absolute Gasteiger partial charge is 0.314 e. The van der Waals surface area contributed by atoms with Gasteiger partial charge in [-0.1, -0.05) is 6.92 Å². The summed E-state index contributed by atoms with van der Waals surface area (Å²) in [7, 11) is 0. The normalized spacial score (nSPS) is 12.9. The predicted molar refractivity (Wildman–Crippen MR) is 75.6 cm³/mol. The van der Waals surface area contributed by atoms with Gasteiger partial charge in [0, 0.05) is 17.8 Å². The predicted octanol–water partition coefficient (Wildman–Crippen LogP) is 3.12. The van der Waals surface area contributed by atoms with E-state index in [1.54, 1.807) is 11.3 Å². The average Bonchev–Trinajstić information content (AvgIpc) is 2.68. The fraction of sp³-hybridized carbons (Fsp3) is 0.750. The van der Waals surface area contributed by atoms with Crippen LogP contribution in [0.4, 0.5) is 0 Å². The molecule has 0 amide bonds. The summed E-state index contributed by atoms with van der Waals surface area (Å²) >= 11 is 3.67. The van der Waals surface area contributed by atoms with E-state index in [0.29, 0.717) is 6.04 Å². The monoisotopic (exact) mass is 258 g/mol. The van der Waals surface area contributed by atoms with E-state index in [1.807, 2.05) is 11.8 Å². The van der Waals surface area contributed by atoms with E-state index in [9.17, 15) is 0 Å². The van der Waals surface area contributed by atoms with Crippen molar-refractivity contribution in [2.75, 3.05) is 18.6 Å². The summed E-state index contributed by atoms with van der Waals surface area (Å²) in [4.78, 5) is 4.54. The van der Waals surface area contributed by atoms with Crippen LogP contribution in [0.5, 0.6) is 0 Å². The molecule has 1 rings (SSSR count). The second-order valence-corrected chi connectivity index (χ2v) is 6.04. The molecule has 92 valence electrons. The van der Waals surface area contributed by atoms with Gasteiger partial charge in [-0.15, -0.1) is 11.3 Å². The summed E-state index contributed by atoms with van der Waals surface area (Å²) in [6.07, 6.45) is 5.68. The molecule has 1 aromatic heterocycles. The maximum atomic E-state index is 4.54. The Bertz CT molecular complexity index is 278. The summed E-state index contributed by atoms with van der Waals surface area (Å²) in [5, 5.41) is 6.98. The second kappa shape index (κ2) is 8.09. The molecule has 1 heterocycles. The molecule has 0 aliphatic heterocycles. The maximum absolute atomic E-state index is 4.54. The average molecular weight is 258 g/mol. The van der Waals surface area contributed by atoms with Crippen LogP contribution in [0.15, 0.2) is 5.38 Å². The maximum Gasteiger partial charge on any atom is 0.0897 e. The zero-order valence-electron chi connectivity index (χ0n) is 10.5. The van der Waals surface area contributed by atoms with Gasteiger partial charge in [0.15, 0.2) is 0 Å². The van der Waals surface area contributed by atoms with E-state index in [0.717, 1.165) is 13.0 Å².